The molecule has 0 saturated heterocycles. The molecule has 2 nitrogen and oxygen atoms in total. The zero-order chi connectivity index (χ0) is 11.1. The summed E-state index contributed by atoms with van der Waals surface area (Å²) in [6.45, 7) is 4.26. The van der Waals surface area contributed by atoms with Gasteiger partial charge in [-0.3, -0.25) is 4.79 Å². The van der Waals surface area contributed by atoms with E-state index in [1.54, 1.807) is 0 Å². The molecule has 0 aliphatic carbocycles. The summed E-state index contributed by atoms with van der Waals surface area (Å²) in [5.74, 6) is -0.491. The molecule has 0 radical (unpaired) electrons. The lowest BCUT2D eigenvalue weighted by atomic mass is 10.1. The van der Waals surface area contributed by atoms with Crippen molar-refractivity contribution in [2.75, 3.05) is 12.5 Å². The maximum atomic E-state index is 10.7. The molecule has 0 fully saturated rings. The molecule has 15 heavy (non-hydrogen) atoms. The molecule has 1 aromatic carbocycles. The lowest BCUT2D eigenvalue weighted by Crippen LogP contribution is -2.06. The van der Waals surface area contributed by atoms with Gasteiger partial charge in [0.2, 0.25) is 0 Å². The van der Waals surface area contributed by atoms with Crippen LogP contribution in [0.5, 0.6) is 0 Å². The van der Waals surface area contributed by atoms with Crippen molar-refractivity contribution in [3.63, 3.8) is 0 Å². The third-order valence-corrected chi connectivity index (χ3v) is 2.18. The number of carbonyl (C=O) groups excluding carboxylic acids is 1. The predicted octanol–water partition coefficient (Wildman–Crippen LogP) is 2.87. The van der Waals surface area contributed by atoms with Crippen LogP contribution in [0, 0.1) is 0 Å². The maximum absolute atomic E-state index is 10.7. The molecule has 0 aromatic heterocycles. The largest absolute Gasteiger partial charge is 0.464 e. The molecule has 0 N–H and O–H groups in total. The number of hydrogen-bond donors (Lipinski definition) is 0. The fourth-order valence-electron chi connectivity index (χ4n) is 1.14. The number of benzene rings is 1. The second kappa shape index (κ2) is 6.25. The Balaban J connectivity index is 2.34. The van der Waals surface area contributed by atoms with E-state index in [2.05, 4.69) is 6.58 Å². The van der Waals surface area contributed by atoms with Crippen LogP contribution in [0.2, 0.25) is 0 Å². The Morgan fingerprint density at radius 2 is 2.00 bits per heavy atom. The summed E-state index contributed by atoms with van der Waals surface area (Å²) in [6, 6.07) is 9.80. The Labute approximate surface area is 94.5 Å². The van der Waals surface area contributed by atoms with Crippen LogP contribution >= 0.6 is 11.6 Å². The van der Waals surface area contributed by atoms with Crippen molar-refractivity contribution in [3.8, 4) is 0 Å². The number of hydrogen-bond acceptors (Lipinski definition) is 2. The fourth-order valence-corrected chi connectivity index (χ4v) is 1.22. The van der Waals surface area contributed by atoms with Crippen molar-refractivity contribution in [2.24, 2.45) is 0 Å². The van der Waals surface area contributed by atoms with Gasteiger partial charge in [0.05, 0.1) is 6.61 Å². The number of carbonyl (C=O) groups is 1. The minimum atomic E-state index is -0.391. The van der Waals surface area contributed by atoms with Crippen molar-refractivity contribution < 1.29 is 9.53 Å². The number of ether oxygens (including phenoxy) is 1. The van der Waals surface area contributed by atoms with Gasteiger partial charge in [0.1, 0.15) is 5.88 Å². The van der Waals surface area contributed by atoms with Gasteiger partial charge in [-0.05, 0) is 11.1 Å². The van der Waals surface area contributed by atoms with Crippen molar-refractivity contribution in [1.82, 2.24) is 0 Å². The molecule has 0 aliphatic heterocycles. The van der Waals surface area contributed by atoms with E-state index in [9.17, 15) is 4.79 Å². The van der Waals surface area contributed by atoms with Gasteiger partial charge in [-0.15, -0.1) is 11.6 Å². The van der Waals surface area contributed by atoms with Crippen LogP contribution < -0.4 is 0 Å². The molecule has 0 bridgehead atoms. The Bertz CT molecular complexity index is 333. The van der Waals surface area contributed by atoms with E-state index in [-0.39, 0.29) is 5.88 Å². The summed E-state index contributed by atoms with van der Waals surface area (Å²) in [7, 11) is 0. The highest BCUT2D eigenvalue weighted by Crippen LogP contribution is 2.15. The summed E-state index contributed by atoms with van der Waals surface area (Å²) in [6.07, 6.45) is 0.632. The third-order valence-electron chi connectivity index (χ3n) is 1.96. The quantitative estimate of drug-likeness (QED) is 0.568. The molecule has 1 aromatic rings. The van der Waals surface area contributed by atoms with Crippen LogP contribution in [-0.4, -0.2) is 18.5 Å². The Hall–Kier alpha value is -1.28. The number of esters is 1. The summed E-state index contributed by atoms with van der Waals surface area (Å²) in [4.78, 5) is 10.7. The Morgan fingerprint density at radius 1 is 1.33 bits per heavy atom. The zero-order valence-corrected chi connectivity index (χ0v) is 9.17. The van der Waals surface area contributed by atoms with E-state index in [0.717, 1.165) is 11.1 Å². The first-order valence-electron chi connectivity index (χ1n) is 4.69. The summed E-state index contributed by atoms with van der Waals surface area (Å²) in [5, 5.41) is 0. The van der Waals surface area contributed by atoms with Gasteiger partial charge in [0.15, 0.2) is 0 Å². The van der Waals surface area contributed by atoms with Crippen LogP contribution in [0.1, 0.15) is 12.0 Å². The summed E-state index contributed by atoms with van der Waals surface area (Å²) < 4.78 is 4.85. The van der Waals surface area contributed by atoms with E-state index in [4.69, 9.17) is 16.3 Å². The highest BCUT2D eigenvalue weighted by Gasteiger charge is 2.01. The maximum Gasteiger partial charge on any atom is 0.320 e. The fraction of sp³-hybridized carbons (Fsp3) is 0.250. The van der Waals surface area contributed by atoms with Gasteiger partial charge < -0.3 is 4.74 Å². The third kappa shape index (κ3) is 4.17. The predicted molar refractivity (Wildman–Crippen MR) is 61.8 cm³/mol. The van der Waals surface area contributed by atoms with E-state index < -0.39 is 5.97 Å². The topological polar surface area (TPSA) is 26.3 Å². The Morgan fingerprint density at radius 3 is 2.60 bits per heavy atom. The first-order chi connectivity index (χ1) is 7.24. The van der Waals surface area contributed by atoms with Crippen molar-refractivity contribution in [2.45, 2.75) is 6.42 Å². The standard InChI is InChI=1S/C12H13ClO2/c1-10(7-8-15-12(14)9-13)11-5-3-2-4-6-11/h2-6H,1,7-9H2. The molecule has 1 rings (SSSR count). The molecule has 3 heteroatoms. The average molecular weight is 225 g/mol. The first-order valence-corrected chi connectivity index (χ1v) is 5.22. The molecule has 0 saturated carbocycles. The molecular weight excluding hydrogens is 212 g/mol. The Kier molecular flexibility index (Phi) is 4.91. The van der Waals surface area contributed by atoms with E-state index in [1.165, 1.54) is 0 Å². The second-order valence-electron chi connectivity index (χ2n) is 3.07. The SMILES string of the molecule is C=C(CCOC(=O)CCl)c1ccccc1. The number of alkyl halides is 1. The molecular formula is C12H13ClO2. The average Bonchev–Trinajstić information content (AvgIpc) is 2.29. The molecule has 0 aliphatic rings. The second-order valence-corrected chi connectivity index (χ2v) is 3.34. The smallest absolute Gasteiger partial charge is 0.320 e. The lowest BCUT2D eigenvalue weighted by Gasteiger charge is -2.06. The van der Waals surface area contributed by atoms with Gasteiger partial charge >= 0.3 is 5.97 Å². The monoisotopic (exact) mass is 224 g/mol. The van der Waals surface area contributed by atoms with Gasteiger partial charge in [-0.2, -0.15) is 0 Å². The van der Waals surface area contributed by atoms with Crippen LogP contribution in [0.15, 0.2) is 36.9 Å². The van der Waals surface area contributed by atoms with Crippen molar-refractivity contribution >= 4 is 23.1 Å². The summed E-state index contributed by atoms with van der Waals surface area (Å²) >= 11 is 5.29. The molecule has 0 amide bonds. The highest BCUT2D eigenvalue weighted by atomic mass is 35.5. The summed E-state index contributed by atoms with van der Waals surface area (Å²) in [5.41, 5.74) is 2.03. The molecule has 0 heterocycles. The molecule has 0 spiro atoms. The van der Waals surface area contributed by atoms with Crippen molar-refractivity contribution in [1.29, 1.82) is 0 Å². The minimum absolute atomic E-state index is 0.0994. The first kappa shape index (κ1) is 11.8. The molecule has 0 unspecified atom stereocenters. The zero-order valence-electron chi connectivity index (χ0n) is 8.41. The van der Waals surface area contributed by atoms with Gasteiger partial charge in [-0.25, -0.2) is 0 Å². The van der Waals surface area contributed by atoms with Crippen LogP contribution in [0.25, 0.3) is 5.57 Å². The van der Waals surface area contributed by atoms with Gasteiger partial charge in [-0.1, -0.05) is 36.9 Å². The van der Waals surface area contributed by atoms with E-state index in [0.29, 0.717) is 13.0 Å². The normalized spacial score (nSPS) is 9.67. The van der Waals surface area contributed by atoms with Crippen LogP contribution in [0.4, 0.5) is 0 Å². The number of halogens is 1. The van der Waals surface area contributed by atoms with Gasteiger partial charge in [0, 0.05) is 6.42 Å². The van der Waals surface area contributed by atoms with Crippen LogP contribution in [0.3, 0.4) is 0 Å². The molecule has 80 valence electrons. The highest BCUT2D eigenvalue weighted by molar-refractivity contribution is 6.26. The van der Waals surface area contributed by atoms with Crippen molar-refractivity contribution in [3.05, 3.63) is 42.5 Å². The number of rotatable bonds is 5. The molecule has 0 atom stereocenters. The van der Waals surface area contributed by atoms with Crippen LogP contribution in [-0.2, 0) is 9.53 Å². The minimum Gasteiger partial charge on any atom is -0.464 e. The van der Waals surface area contributed by atoms with Gasteiger partial charge in [0.25, 0.3) is 0 Å². The van der Waals surface area contributed by atoms with E-state index >= 15 is 0 Å². The van der Waals surface area contributed by atoms with E-state index in [1.807, 2.05) is 30.3 Å². The lowest BCUT2D eigenvalue weighted by molar-refractivity contribution is -0.140.